The lowest BCUT2D eigenvalue weighted by Gasteiger charge is -2.25. The molecule has 13 N–H and O–H groups in total. The molecule has 0 aliphatic rings. The Bertz CT molecular complexity index is 1070. The van der Waals surface area contributed by atoms with Gasteiger partial charge in [-0.25, -0.2) is 4.79 Å². The maximum atomic E-state index is 13.3. The van der Waals surface area contributed by atoms with Crippen LogP contribution >= 0.6 is 11.8 Å². The summed E-state index contributed by atoms with van der Waals surface area (Å²) in [4.78, 5) is 65.7. The zero-order valence-electron chi connectivity index (χ0n) is 22.9. The Labute approximate surface area is 242 Å². The summed E-state index contributed by atoms with van der Waals surface area (Å²) in [7, 11) is 0. The van der Waals surface area contributed by atoms with Crippen molar-refractivity contribution in [3.8, 4) is 5.75 Å². The number of aromatic hydroxyl groups is 1. The van der Waals surface area contributed by atoms with Crippen LogP contribution in [0.2, 0.25) is 0 Å². The van der Waals surface area contributed by atoms with Crippen LogP contribution in [-0.2, 0) is 30.4 Å². The van der Waals surface area contributed by atoms with Gasteiger partial charge in [0, 0.05) is 13.0 Å². The molecule has 15 nitrogen and oxygen atoms in total. The van der Waals surface area contributed by atoms with Crippen molar-refractivity contribution in [3.63, 3.8) is 0 Å². The lowest BCUT2D eigenvalue weighted by atomic mass is 10.0. The second kappa shape index (κ2) is 18.3. The third kappa shape index (κ3) is 14.2. The molecule has 4 atom stereocenters. The fourth-order valence-electron chi connectivity index (χ4n) is 3.62. The minimum Gasteiger partial charge on any atom is -0.508 e. The van der Waals surface area contributed by atoms with Gasteiger partial charge >= 0.3 is 5.97 Å². The Morgan fingerprint density at radius 3 is 1.98 bits per heavy atom. The van der Waals surface area contributed by atoms with Crippen LogP contribution < -0.4 is 38.9 Å². The molecule has 41 heavy (non-hydrogen) atoms. The van der Waals surface area contributed by atoms with Crippen LogP contribution in [0.15, 0.2) is 29.3 Å². The molecule has 0 aromatic heterocycles. The van der Waals surface area contributed by atoms with E-state index in [4.69, 9.17) is 22.9 Å². The summed E-state index contributed by atoms with van der Waals surface area (Å²) in [5, 5.41) is 26.4. The highest BCUT2D eigenvalue weighted by Gasteiger charge is 2.30. The smallest absolute Gasteiger partial charge is 0.326 e. The van der Waals surface area contributed by atoms with Crippen LogP contribution in [-0.4, -0.2) is 88.5 Å². The second-order valence-electron chi connectivity index (χ2n) is 9.23. The number of carboxylic acids is 1. The van der Waals surface area contributed by atoms with Gasteiger partial charge in [-0.15, -0.1) is 0 Å². The van der Waals surface area contributed by atoms with Crippen LogP contribution in [0.1, 0.15) is 37.7 Å². The highest BCUT2D eigenvalue weighted by molar-refractivity contribution is 7.98. The minimum atomic E-state index is -1.39. The summed E-state index contributed by atoms with van der Waals surface area (Å²) in [5.74, 6) is -3.78. The van der Waals surface area contributed by atoms with Gasteiger partial charge in [-0.3, -0.25) is 24.2 Å². The van der Waals surface area contributed by atoms with Crippen molar-refractivity contribution < 1.29 is 34.2 Å². The van der Waals surface area contributed by atoms with Crippen molar-refractivity contribution in [1.82, 2.24) is 16.0 Å². The number of carboxylic acid groups (broad SMARTS) is 1. The average Bonchev–Trinajstić information content (AvgIpc) is 2.90. The molecular formula is C25H40N8O7S. The minimum absolute atomic E-state index is 0.0619. The van der Waals surface area contributed by atoms with Gasteiger partial charge in [0.15, 0.2) is 5.96 Å². The second-order valence-corrected chi connectivity index (χ2v) is 10.2. The number of phenols is 1. The van der Waals surface area contributed by atoms with E-state index in [2.05, 4.69) is 20.9 Å². The van der Waals surface area contributed by atoms with Gasteiger partial charge in [0.2, 0.25) is 23.6 Å². The number of aliphatic carboxylic acids is 1. The summed E-state index contributed by atoms with van der Waals surface area (Å²) >= 11 is 1.41. The molecule has 0 bridgehead atoms. The van der Waals surface area contributed by atoms with E-state index in [1.165, 1.54) is 23.9 Å². The van der Waals surface area contributed by atoms with E-state index in [1.807, 2.05) is 0 Å². The summed E-state index contributed by atoms with van der Waals surface area (Å²) in [6.45, 7) is 0.179. The Balaban J connectivity index is 3.02. The maximum Gasteiger partial charge on any atom is 0.326 e. The molecule has 1 rings (SSSR count). The van der Waals surface area contributed by atoms with Gasteiger partial charge in [0.25, 0.3) is 0 Å². The molecule has 0 saturated carbocycles. The first-order valence-electron chi connectivity index (χ1n) is 12.8. The molecule has 0 saturated heterocycles. The van der Waals surface area contributed by atoms with E-state index in [9.17, 15) is 34.2 Å². The Hall–Kier alpha value is -4.05. The Morgan fingerprint density at radius 2 is 1.44 bits per heavy atom. The third-order valence-corrected chi connectivity index (χ3v) is 6.49. The van der Waals surface area contributed by atoms with Gasteiger partial charge in [-0.1, -0.05) is 12.1 Å². The molecule has 0 aliphatic carbocycles. The average molecular weight is 597 g/mol. The van der Waals surface area contributed by atoms with Gasteiger partial charge < -0.3 is 49.1 Å². The Morgan fingerprint density at radius 1 is 0.878 bits per heavy atom. The number of thioether (sulfide) groups is 1. The highest BCUT2D eigenvalue weighted by Crippen LogP contribution is 2.11. The number of aliphatic imine (C=N–C) groups is 1. The summed E-state index contributed by atoms with van der Waals surface area (Å²) in [6, 6.07) is 1.49. The molecule has 228 valence electrons. The molecule has 4 unspecified atom stereocenters. The fourth-order valence-corrected chi connectivity index (χ4v) is 4.09. The standard InChI is InChI=1S/C25H40N8O7S/c1-41-12-10-18(23(38)33-19(24(39)40)8-9-20(27)35)32-22(37)17(3-2-11-30-25(28)29)31-21(36)16(26)13-14-4-6-15(34)7-5-14/h4-7,16-19,34H,2-3,8-13,26H2,1H3,(H2,27,35)(H,31,36)(H,32,37)(H,33,38)(H,39,40)(H4,28,29,30). The molecule has 0 spiro atoms. The van der Waals surface area contributed by atoms with Crippen molar-refractivity contribution in [2.75, 3.05) is 18.6 Å². The number of nitrogens with zero attached hydrogens (tertiary/aromatic N) is 1. The number of primary amides is 1. The van der Waals surface area contributed by atoms with Gasteiger partial charge in [-0.2, -0.15) is 11.8 Å². The Kier molecular flexibility index (Phi) is 15.6. The fraction of sp³-hybridized carbons (Fsp3) is 0.520. The number of nitrogens with one attached hydrogen (secondary N) is 3. The lowest BCUT2D eigenvalue weighted by Crippen LogP contribution is -2.57. The van der Waals surface area contributed by atoms with Crippen LogP contribution in [0.25, 0.3) is 0 Å². The predicted octanol–water partition coefficient (Wildman–Crippen LogP) is -2.13. The number of phenolic OH excluding ortho intramolecular Hbond substituents is 1. The first-order valence-corrected chi connectivity index (χ1v) is 14.2. The number of guanidine groups is 1. The normalized spacial score (nSPS) is 13.6. The summed E-state index contributed by atoms with van der Waals surface area (Å²) in [6.07, 6.45) is 2.03. The van der Waals surface area contributed by atoms with Crippen LogP contribution in [0.3, 0.4) is 0 Å². The van der Waals surface area contributed by atoms with Crippen molar-refractivity contribution in [3.05, 3.63) is 29.8 Å². The number of rotatable bonds is 19. The lowest BCUT2D eigenvalue weighted by molar-refractivity contribution is -0.142. The third-order valence-electron chi connectivity index (χ3n) is 5.84. The van der Waals surface area contributed by atoms with E-state index in [0.29, 0.717) is 17.7 Å². The number of carbonyl (C=O) groups excluding carboxylic acids is 4. The number of amides is 4. The summed E-state index contributed by atoms with van der Waals surface area (Å²) < 4.78 is 0. The predicted molar refractivity (Wildman–Crippen MR) is 155 cm³/mol. The number of hydrogen-bond acceptors (Lipinski definition) is 9. The monoisotopic (exact) mass is 596 g/mol. The largest absolute Gasteiger partial charge is 0.508 e. The molecule has 1 aromatic rings. The van der Waals surface area contributed by atoms with Crippen molar-refractivity contribution in [1.29, 1.82) is 0 Å². The molecule has 0 fully saturated rings. The van der Waals surface area contributed by atoms with Gasteiger partial charge in [0.1, 0.15) is 23.9 Å². The number of carbonyl (C=O) groups is 5. The maximum absolute atomic E-state index is 13.3. The molecule has 0 heterocycles. The van der Waals surface area contributed by atoms with Crippen molar-refractivity contribution in [2.45, 2.75) is 62.7 Å². The van der Waals surface area contributed by atoms with Crippen LogP contribution in [0, 0.1) is 0 Å². The molecule has 0 radical (unpaired) electrons. The molecule has 16 heteroatoms. The van der Waals surface area contributed by atoms with E-state index >= 15 is 0 Å². The summed E-state index contributed by atoms with van der Waals surface area (Å²) in [5.41, 5.74) is 22.5. The van der Waals surface area contributed by atoms with E-state index in [1.54, 1.807) is 18.4 Å². The topological polar surface area (TPSA) is 278 Å². The molecule has 4 amide bonds. The SMILES string of the molecule is CSCCC(NC(=O)C(CCCN=C(N)N)NC(=O)C(N)Cc1ccc(O)cc1)C(=O)NC(CCC(N)=O)C(=O)O. The van der Waals surface area contributed by atoms with Gasteiger partial charge in [0.05, 0.1) is 6.04 Å². The zero-order chi connectivity index (χ0) is 30.9. The number of hydrogen-bond donors (Lipinski definition) is 9. The number of nitrogens with two attached hydrogens (primary N) is 4. The van der Waals surface area contributed by atoms with E-state index in [-0.39, 0.29) is 50.4 Å². The molecule has 1 aromatic carbocycles. The van der Waals surface area contributed by atoms with E-state index in [0.717, 1.165) is 0 Å². The number of benzene rings is 1. The quantitative estimate of drug-likeness (QED) is 0.0472. The highest BCUT2D eigenvalue weighted by atomic mass is 32.2. The zero-order valence-corrected chi connectivity index (χ0v) is 23.7. The molecular weight excluding hydrogens is 556 g/mol. The van der Waals surface area contributed by atoms with Crippen LogP contribution in [0.4, 0.5) is 0 Å². The first kappa shape index (κ1) is 35.0. The molecule has 0 aliphatic heterocycles. The van der Waals surface area contributed by atoms with E-state index < -0.39 is 53.8 Å². The first-order chi connectivity index (χ1) is 19.3. The van der Waals surface area contributed by atoms with Gasteiger partial charge in [-0.05, 0) is 61.8 Å². The van der Waals surface area contributed by atoms with Crippen LogP contribution in [0.5, 0.6) is 5.75 Å². The van der Waals surface area contributed by atoms with Crippen molar-refractivity contribution in [2.24, 2.45) is 27.9 Å². The van der Waals surface area contributed by atoms with Crippen molar-refractivity contribution >= 4 is 47.3 Å².